The molecule has 2 aromatic rings. The van der Waals surface area contributed by atoms with Crippen LogP contribution in [-0.2, 0) is 14.8 Å². The standard InChI is InChI=1S/C16H16BrN3O5S/c1-2-19(26(24,25)15-8-6-12(17)7-9-15)11-16(21)18-13-4-3-5-14(10-13)20(22)23/h3-10H,2,11H2,1H3,(H,18,21). The van der Waals surface area contributed by atoms with E-state index in [1.54, 1.807) is 19.1 Å². The molecule has 0 aliphatic heterocycles. The van der Waals surface area contributed by atoms with Crippen molar-refractivity contribution in [2.24, 2.45) is 0 Å². The number of sulfonamides is 1. The molecule has 0 aliphatic carbocycles. The summed E-state index contributed by atoms with van der Waals surface area (Å²) in [7, 11) is -3.83. The molecule has 1 amide bonds. The molecule has 0 atom stereocenters. The average molecular weight is 442 g/mol. The van der Waals surface area contributed by atoms with Crippen molar-refractivity contribution in [1.29, 1.82) is 0 Å². The van der Waals surface area contributed by atoms with Gasteiger partial charge in [-0.05, 0) is 30.3 Å². The van der Waals surface area contributed by atoms with Gasteiger partial charge in [0.05, 0.1) is 16.4 Å². The highest BCUT2D eigenvalue weighted by atomic mass is 79.9. The van der Waals surface area contributed by atoms with Crippen molar-refractivity contribution < 1.29 is 18.1 Å². The Morgan fingerprint density at radius 1 is 1.23 bits per heavy atom. The van der Waals surface area contributed by atoms with Crippen molar-refractivity contribution >= 4 is 43.2 Å². The third-order valence-electron chi connectivity index (χ3n) is 3.46. The summed E-state index contributed by atoms with van der Waals surface area (Å²) < 4.78 is 27.1. The fourth-order valence-corrected chi connectivity index (χ4v) is 3.85. The average Bonchev–Trinajstić information content (AvgIpc) is 2.60. The number of hydrogen-bond donors (Lipinski definition) is 1. The van der Waals surface area contributed by atoms with Gasteiger partial charge in [0.2, 0.25) is 15.9 Å². The summed E-state index contributed by atoms with van der Waals surface area (Å²) in [4.78, 5) is 22.5. The number of nitrogens with zero attached hydrogens (tertiary/aromatic N) is 2. The van der Waals surface area contributed by atoms with Gasteiger partial charge in [0.1, 0.15) is 0 Å². The van der Waals surface area contributed by atoms with E-state index >= 15 is 0 Å². The second kappa shape index (κ2) is 8.39. The van der Waals surface area contributed by atoms with Crippen LogP contribution in [-0.4, -0.2) is 36.6 Å². The van der Waals surface area contributed by atoms with E-state index in [1.807, 2.05) is 0 Å². The van der Waals surface area contributed by atoms with Crippen molar-refractivity contribution in [2.45, 2.75) is 11.8 Å². The number of halogens is 1. The first-order chi connectivity index (χ1) is 12.2. The van der Waals surface area contributed by atoms with Crippen LogP contribution >= 0.6 is 15.9 Å². The SMILES string of the molecule is CCN(CC(=O)Nc1cccc([N+](=O)[O-])c1)S(=O)(=O)c1ccc(Br)cc1. The van der Waals surface area contributed by atoms with Crippen molar-refractivity contribution in [1.82, 2.24) is 4.31 Å². The van der Waals surface area contributed by atoms with Gasteiger partial charge in [0.15, 0.2) is 0 Å². The van der Waals surface area contributed by atoms with E-state index in [0.29, 0.717) is 0 Å². The predicted octanol–water partition coefficient (Wildman–Crippen LogP) is 3.01. The molecule has 0 aromatic heterocycles. The molecule has 0 unspecified atom stereocenters. The Bertz CT molecular complexity index is 916. The number of nitro benzene ring substituents is 1. The second-order valence-corrected chi connectivity index (χ2v) is 8.09. The minimum Gasteiger partial charge on any atom is -0.325 e. The Morgan fingerprint density at radius 2 is 1.88 bits per heavy atom. The first kappa shape index (κ1) is 20.0. The molecule has 0 bridgehead atoms. The van der Waals surface area contributed by atoms with E-state index in [2.05, 4.69) is 21.2 Å². The van der Waals surface area contributed by atoms with Crippen LogP contribution in [0, 0.1) is 10.1 Å². The maximum absolute atomic E-state index is 12.6. The first-order valence-electron chi connectivity index (χ1n) is 7.54. The highest BCUT2D eigenvalue weighted by Crippen LogP contribution is 2.20. The number of likely N-dealkylation sites (N-methyl/N-ethyl adjacent to an activating group) is 1. The molecule has 10 heteroatoms. The molecule has 8 nitrogen and oxygen atoms in total. The molecule has 1 N–H and O–H groups in total. The minimum absolute atomic E-state index is 0.0747. The molecular formula is C16H16BrN3O5S. The predicted molar refractivity (Wildman–Crippen MR) is 100 cm³/mol. The summed E-state index contributed by atoms with van der Waals surface area (Å²) in [6.45, 7) is 1.31. The minimum atomic E-state index is -3.83. The Balaban J connectivity index is 2.14. The number of rotatable bonds is 7. The topological polar surface area (TPSA) is 110 Å². The third kappa shape index (κ3) is 4.87. The van der Waals surface area contributed by atoms with Crippen LogP contribution in [0.15, 0.2) is 57.9 Å². The number of nitro groups is 1. The van der Waals surface area contributed by atoms with Crippen molar-refractivity contribution in [3.05, 3.63) is 63.1 Å². The van der Waals surface area contributed by atoms with Gasteiger partial charge in [-0.2, -0.15) is 4.31 Å². The van der Waals surface area contributed by atoms with Gasteiger partial charge < -0.3 is 5.32 Å². The number of benzene rings is 2. The van der Waals surface area contributed by atoms with E-state index in [1.165, 1.54) is 36.4 Å². The van der Waals surface area contributed by atoms with E-state index in [4.69, 9.17) is 0 Å². The van der Waals surface area contributed by atoms with Gasteiger partial charge in [-0.1, -0.05) is 28.9 Å². The van der Waals surface area contributed by atoms with E-state index in [9.17, 15) is 23.3 Å². The number of hydrogen-bond acceptors (Lipinski definition) is 5. The molecule has 0 saturated heterocycles. The van der Waals surface area contributed by atoms with Crippen LogP contribution in [0.4, 0.5) is 11.4 Å². The Morgan fingerprint density at radius 3 is 2.46 bits per heavy atom. The molecule has 2 aromatic carbocycles. The Labute approximate surface area is 159 Å². The lowest BCUT2D eigenvalue weighted by molar-refractivity contribution is -0.384. The summed E-state index contributed by atoms with van der Waals surface area (Å²) in [5.41, 5.74) is 0.0546. The largest absolute Gasteiger partial charge is 0.325 e. The van der Waals surface area contributed by atoms with Crippen LogP contribution in [0.25, 0.3) is 0 Å². The summed E-state index contributed by atoms with van der Waals surface area (Å²) in [5, 5.41) is 13.3. The Kier molecular flexibility index (Phi) is 6.46. The summed E-state index contributed by atoms with van der Waals surface area (Å²) >= 11 is 3.24. The molecule has 0 fully saturated rings. The molecule has 26 heavy (non-hydrogen) atoms. The third-order valence-corrected chi connectivity index (χ3v) is 5.93. The molecular weight excluding hydrogens is 426 g/mol. The highest BCUT2D eigenvalue weighted by molar-refractivity contribution is 9.10. The molecule has 0 heterocycles. The van der Waals surface area contributed by atoms with Gasteiger partial charge in [-0.25, -0.2) is 8.42 Å². The molecule has 138 valence electrons. The van der Waals surface area contributed by atoms with E-state index in [0.717, 1.165) is 8.78 Å². The normalized spacial score (nSPS) is 11.3. The van der Waals surface area contributed by atoms with Crippen molar-refractivity contribution in [2.75, 3.05) is 18.4 Å². The molecule has 0 saturated carbocycles. The lowest BCUT2D eigenvalue weighted by Crippen LogP contribution is -2.37. The van der Waals surface area contributed by atoms with Crippen LogP contribution in [0.2, 0.25) is 0 Å². The van der Waals surface area contributed by atoms with Gasteiger partial charge in [0.25, 0.3) is 5.69 Å². The van der Waals surface area contributed by atoms with Gasteiger partial charge >= 0.3 is 0 Å². The number of nitrogens with one attached hydrogen (secondary N) is 1. The maximum atomic E-state index is 12.6. The summed E-state index contributed by atoms with van der Waals surface area (Å²) in [6, 6.07) is 11.5. The second-order valence-electron chi connectivity index (χ2n) is 5.24. The molecule has 0 spiro atoms. The number of anilines is 1. The smallest absolute Gasteiger partial charge is 0.271 e. The molecule has 0 aliphatic rings. The monoisotopic (exact) mass is 441 g/mol. The lowest BCUT2D eigenvalue weighted by atomic mass is 10.3. The lowest BCUT2D eigenvalue weighted by Gasteiger charge is -2.20. The zero-order valence-electron chi connectivity index (χ0n) is 13.8. The summed E-state index contributed by atoms with van der Waals surface area (Å²) in [5.74, 6) is -0.590. The maximum Gasteiger partial charge on any atom is 0.271 e. The highest BCUT2D eigenvalue weighted by Gasteiger charge is 2.25. The number of carbonyl (C=O) groups is 1. The number of carbonyl (C=O) groups excluding carboxylic acids is 1. The van der Waals surface area contributed by atoms with Gasteiger partial charge in [-0.3, -0.25) is 14.9 Å². The van der Waals surface area contributed by atoms with E-state index in [-0.39, 0.29) is 22.8 Å². The number of non-ortho nitro benzene ring substituents is 1. The number of amides is 1. The van der Waals surface area contributed by atoms with Crippen LogP contribution < -0.4 is 5.32 Å². The fourth-order valence-electron chi connectivity index (χ4n) is 2.18. The van der Waals surface area contributed by atoms with Crippen molar-refractivity contribution in [3.63, 3.8) is 0 Å². The first-order valence-corrected chi connectivity index (χ1v) is 9.77. The van der Waals surface area contributed by atoms with Gasteiger partial charge in [0, 0.05) is 28.8 Å². The van der Waals surface area contributed by atoms with Crippen LogP contribution in [0.3, 0.4) is 0 Å². The zero-order valence-corrected chi connectivity index (χ0v) is 16.2. The van der Waals surface area contributed by atoms with Crippen LogP contribution in [0.5, 0.6) is 0 Å². The van der Waals surface area contributed by atoms with Crippen LogP contribution in [0.1, 0.15) is 6.92 Å². The summed E-state index contributed by atoms with van der Waals surface area (Å²) in [6.07, 6.45) is 0. The fraction of sp³-hybridized carbons (Fsp3) is 0.188. The Hall–Kier alpha value is -2.30. The zero-order chi connectivity index (χ0) is 19.3. The van der Waals surface area contributed by atoms with Crippen molar-refractivity contribution in [3.8, 4) is 0 Å². The molecule has 0 radical (unpaired) electrons. The van der Waals surface area contributed by atoms with Gasteiger partial charge in [-0.15, -0.1) is 0 Å². The van der Waals surface area contributed by atoms with E-state index < -0.39 is 27.4 Å². The quantitative estimate of drug-likeness (QED) is 0.524. The molecule has 2 rings (SSSR count).